The number of fused-ring (bicyclic) bond motifs is 1. The lowest BCUT2D eigenvalue weighted by molar-refractivity contribution is -0.537. The van der Waals surface area contributed by atoms with Crippen molar-refractivity contribution < 1.29 is 14.2 Å². The number of nitrogens with zero attached hydrogens (tertiary/aromatic N) is 5. The summed E-state index contributed by atoms with van der Waals surface area (Å²) in [5.74, 6) is 0.578. The number of urea groups is 1. The summed E-state index contributed by atoms with van der Waals surface area (Å²) in [6, 6.07) is 16.9. The van der Waals surface area contributed by atoms with E-state index in [0.29, 0.717) is 18.3 Å². The van der Waals surface area contributed by atoms with E-state index in [0.717, 1.165) is 27.8 Å². The summed E-state index contributed by atoms with van der Waals surface area (Å²) in [6.07, 6.45) is 3.37. The molecule has 1 saturated heterocycles. The average molecular weight is 496 g/mol. The van der Waals surface area contributed by atoms with Crippen LogP contribution in [-0.2, 0) is 11.2 Å². The number of halogens is 1. The summed E-state index contributed by atoms with van der Waals surface area (Å²) in [5.41, 5.74) is 5.13. The predicted molar refractivity (Wildman–Crippen MR) is 127 cm³/mol. The Morgan fingerprint density at radius 1 is 1.09 bits per heavy atom. The Kier molecular flexibility index (Phi) is 6.45. The maximum Gasteiger partial charge on any atom is 0.413 e. The van der Waals surface area contributed by atoms with Crippen LogP contribution >= 0.6 is 15.9 Å². The Labute approximate surface area is 195 Å². The highest BCUT2D eigenvalue weighted by Gasteiger charge is 2.51. The molecule has 0 aromatic heterocycles. The fourth-order valence-electron chi connectivity index (χ4n) is 3.73. The van der Waals surface area contributed by atoms with Crippen molar-refractivity contribution in [1.82, 2.24) is 15.2 Å². The van der Waals surface area contributed by atoms with Crippen molar-refractivity contribution in [3.8, 4) is 0 Å². The van der Waals surface area contributed by atoms with Gasteiger partial charge in [0.1, 0.15) is 0 Å². The van der Waals surface area contributed by atoms with E-state index in [1.54, 1.807) is 13.3 Å². The number of hydrogen-bond donors (Lipinski definition) is 1. The lowest BCUT2D eigenvalue weighted by Crippen LogP contribution is -2.61. The summed E-state index contributed by atoms with van der Waals surface area (Å²) in [5, 5.41) is 4.31. The van der Waals surface area contributed by atoms with Gasteiger partial charge in [-0.05, 0) is 36.1 Å². The lowest BCUT2D eigenvalue weighted by Gasteiger charge is -2.31. The molecule has 164 valence electrons. The summed E-state index contributed by atoms with van der Waals surface area (Å²) >= 11 is 3.42. The van der Waals surface area contributed by atoms with Gasteiger partial charge in [0.05, 0.1) is 12.8 Å². The molecule has 32 heavy (non-hydrogen) atoms. The van der Waals surface area contributed by atoms with Gasteiger partial charge in [0.2, 0.25) is 11.9 Å². The van der Waals surface area contributed by atoms with Gasteiger partial charge in [0.25, 0.3) is 5.91 Å². The molecule has 2 aliphatic rings. The van der Waals surface area contributed by atoms with Crippen molar-refractivity contribution in [3.05, 3.63) is 70.2 Å². The molecule has 8 nitrogen and oxygen atoms in total. The van der Waals surface area contributed by atoms with Crippen LogP contribution in [0.3, 0.4) is 0 Å². The molecule has 2 heterocycles. The van der Waals surface area contributed by atoms with Crippen molar-refractivity contribution in [2.24, 2.45) is 10.1 Å². The zero-order valence-corrected chi connectivity index (χ0v) is 19.5. The minimum Gasteiger partial charge on any atom is -0.270 e. The van der Waals surface area contributed by atoms with Crippen LogP contribution in [-0.4, -0.2) is 71.0 Å². The summed E-state index contributed by atoms with van der Waals surface area (Å²) in [7, 11) is 3.13. The SMILES string of the molecule is CN1C(=O)C2C(=NC(N/N=C/c3ccc(Br)cc3)=[N+]2CCCc2ccccc2)N(C)C1=O. The first kappa shape index (κ1) is 21.9. The fourth-order valence-corrected chi connectivity index (χ4v) is 4.00. The Bertz CT molecular complexity index is 1110. The van der Waals surface area contributed by atoms with Crippen molar-refractivity contribution >= 4 is 45.9 Å². The maximum absolute atomic E-state index is 13.0. The number of carbonyl (C=O) groups excluding carboxylic acids is 2. The normalized spacial score (nSPS) is 18.5. The molecule has 3 amide bonds. The van der Waals surface area contributed by atoms with E-state index >= 15 is 0 Å². The van der Waals surface area contributed by atoms with Crippen LogP contribution in [0.5, 0.6) is 0 Å². The van der Waals surface area contributed by atoms with Gasteiger partial charge in [-0.25, -0.2) is 9.37 Å². The van der Waals surface area contributed by atoms with E-state index in [1.165, 1.54) is 17.5 Å². The topological polar surface area (TPSA) is 80.4 Å². The highest BCUT2D eigenvalue weighted by molar-refractivity contribution is 9.10. The average Bonchev–Trinajstić information content (AvgIpc) is 3.17. The number of likely N-dealkylation sites (N-methyl/N-ethyl adjacent to an activating group) is 2. The molecule has 2 aromatic carbocycles. The number of hydrazone groups is 1. The monoisotopic (exact) mass is 495 g/mol. The Hall–Kier alpha value is -3.33. The summed E-state index contributed by atoms with van der Waals surface area (Å²) in [4.78, 5) is 32.5. The highest BCUT2D eigenvalue weighted by Crippen LogP contribution is 2.19. The molecule has 0 saturated carbocycles. The molecule has 4 rings (SSSR count). The molecular formula is C23H24BrN6O2+. The highest BCUT2D eigenvalue weighted by atomic mass is 79.9. The third kappa shape index (κ3) is 4.47. The Morgan fingerprint density at radius 3 is 2.53 bits per heavy atom. The molecule has 1 fully saturated rings. The zero-order valence-electron chi connectivity index (χ0n) is 17.9. The molecule has 0 bridgehead atoms. The molecule has 9 heteroatoms. The van der Waals surface area contributed by atoms with Crippen molar-refractivity contribution in [1.29, 1.82) is 0 Å². The first-order valence-corrected chi connectivity index (χ1v) is 11.1. The van der Waals surface area contributed by atoms with Crippen LogP contribution in [0.4, 0.5) is 4.79 Å². The number of benzene rings is 2. The minimum absolute atomic E-state index is 0.291. The van der Waals surface area contributed by atoms with E-state index < -0.39 is 12.1 Å². The molecule has 2 aliphatic heterocycles. The van der Waals surface area contributed by atoms with Crippen LogP contribution in [0.2, 0.25) is 0 Å². The number of nitrogens with one attached hydrogen (secondary N) is 1. The van der Waals surface area contributed by atoms with Crippen LogP contribution < -0.4 is 5.43 Å². The Balaban J connectivity index is 1.56. The number of carbonyl (C=O) groups is 2. The van der Waals surface area contributed by atoms with Crippen molar-refractivity contribution in [2.45, 2.75) is 18.9 Å². The predicted octanol–water partition coefficient (Wildman–Crippen LogP) is 2.68. The first-order chi connectivity index (χ1) is 15.5. The summed E-state index contributed by atoms with van der Waals surface area (Å²) < 4.78 is 2.88. The van der Waals surface area contributed by atoms with E-state index in [4.69, 9.17) is 0 Å². The van der Waals surface area contributed by atoms with Gasteiger partial charge in [-0.1, -0.05) is 63.4 Å². The Morgan fingerprint density at radius 2 is 1.81 bits per heavy atom. The van der Waals surface area contributed by atoms with Crippen LogP contribution in [0.15, 0.2) is 69.2 Å². The minimum atomic E-state index is -0.649. The third-order valence-electron chi connectivity index (χ3n) is 5.49. The van der Waals surface area contributed by atoms with E-state index in [9.17, 15) is 9.59 Å². The second-order valence-electron chi connectivity index (χ2n) is 7.64. The van der Waals surface area contributed by atoms with Gasteiger partial charge in [0.15, 0.2) is 0 Å². The van der Waals surface area contributed by atoms with Crippen molar-refractivity contribution in [2.75, 3.05) is 20.6 Å². The third-order valence-corrected chi connectivity index (χ3v) is 6.01. The van der Waals surface area contributed by atoms with E-state index in [1.807, 2.05) is 47.0 Å². The van der Waals surface area contributed by atoms with Gasteiger partial charge in [-0.2, -0.15) is 5.43 Å². The van der Waals surface area contributed by atoms with Gasteiger partial charge < -0.3 is 0 Å². The molecule has 2 aromatic rings. The number of imide groups is 1. The fraction of sp³-hybridized carbons (Fsp3) is 0.261. The van der Waals surface area contributed by atoms with Gasteiger partial charge in [-0.3, -0.25) is 14.6 Å². The first-order valence-electron chi connectivity index (χ1n) is 10.3. The number of hydrogen-bond acceptors (Lipinski definition) is 5. The zero-order chi connectivity index (χ0) is 22.7. The number of amides is 3. The quantitative estimate of drug-likeness (QED) is 0.380. The van der Waals surface area contributed by atoms with Crippen LogP contribution in [0, 0.1) is 0 Å². The van der Waals surface area contributed by atoms with Gasteiger partial charge in [0, 0.05) is 18.6 Å². The number of rotatable bonds is 6. The molecule has 0 spiro atoms. The molecular weight excluding hydrogens is 472 g/mol. The molecule has 1 N–H and O–H groups in total. The number of aliphatic imine (C=N–C) groups is 1. The molecule has 0 aliphatic carbocycles. The molecule has 1 atom stereocenters. The van der Waals surface area contributed by atoms with Crippen LogP contribution in [0.1, 0.15) is 17.5 Å². The van der Waals surface area contributed by atoms with E-state index in [-0.39, 0.29) is 5.91 Å². The smallest absolute Gasteiger partial charge is 0.270 e. The standard InChI is InChI=1S/C23H23BrN6O2/c1-28-20-19(21(31)29(2)23(28)32)30(14-6-9-16-7-4-3-5-8-16)22(26-20)27-25-15-17-10-12-18(24)13-11-17/h3-5,7-8,10-13,15,19H,6,9,14H2,1-2H3/p+1/b25-15+. The number of amidine groups is 1. The van der Waals surface area contributed by atoms with E-state index in [2.05, 4.69) is 43.6 Å². The van der Waals surface area contributed by atoms with Crippen molar-refractivity contribution in [3.63, 3.8) is 0 Å². The molecule has 1 unspecified atom stereocenters. The summed E-state index contributed by atoms with van der Waals surface area (Å²) in [6.45, 7) is 0.588. The van der Waals surface area contributed by atoms with Gasteiger partial charge in [-0.15, -0.1) is 5.10 Å². The van der Waals surface area contributed by atoms with Gasteiger partial charge >= 0.3 is 12.0 Å². The maximum atomic E-state index is 13.0. The molecule has 0 radical (unpaired) electrons. The number of aryl methyl sites for hydroxylation is 1. The second-order valence-corrected chi connectivity index (χ2v) is 8.55. The largest absolute Gasteiger partial charge is 0.413 e. The van der Waals surface area contributed by atoms with Crippen LogP contribution in [0.25, 0.3) is 0 Å². The lowest BCUT2D eigenvalue weighted by atomic mass is 10.1. The second kappa shape index (κ2) is 9.44. The number of guanidine groups is 1.